The zero-order valence-electron chi connectivity index (χ0n) is 16.1. The normalized spacial score (nSPS) is 12.9. The van der Waals surface area contributed by atoms with E-state index in [0.717, 1.165) is 0 Å². The Morgan fingerprint density at radius 1 is 0.486 bits per heavy atom. The first-order valence-corrected chi connectivity index (χ1v) is 11.3. The van der Waals surface area contributed by atoms with Gasteiger partial charge in [0.2, 0.25) is 0 Å². The Morgan fingerprint density at radius 3 is 0.914 bits per heavy atom. The summed E-state index contributed by atoms with van der Waals surface area (Å²) in [7, 11) is 0. The zero-order valence-corrected chi connectivity index (χ0v) is 19.6. The van der Waals surface area contributed by atoms with Gasteiger partial charge in [-0.3, -0.25) is 0 Å². The van der Waals surface area contributed by atoms with Crippen LogP contribution in [0, 0.1) is 0 Å². The molecule has 0 saturated carbocycles. The van der Waals surface area contributed by atoms with Gasteiger partial charge in [0.05, 0.1) is 0 Å². The van der Waals surface area contributed by atoms with Gasteiger partial charge in [-0.25, -0.2) is 0 Å². The van der Waals surface area contributed by atoms with Crippen LogP contribution in [0.3, 0.4) is 0 Å². The van der Waals surface area contributed by atoms with E-state index in [-0.39, 0.29) is 36.4 Å². The summed E-state index contributed by atoms with van der Waals surface area (Å²) in [4.78, 5) is 23.8. The number of hydrogen-bond acceptors (Lipinski definition) is 4. The maximum atomic E-state index is 12.8. The molecule has 0 aliphatic heterocycles. The van der Waals surface area contributed by atoms with Crippen LogP contribution in [0.4, 0.5) is 52.7 Å². The summed E-state index contributed by atoms with van der Waals surface area (Å²) in [5, 5.41) is 0. The molecular weight excluding hydrogens is 717 g/mol. The molecule has 2 aromatic carbocycles. The molecule has 0 unspecified atom stereocenters. The van der Waals surface area contributed by atoms with Gasteiger partial charge in [-0.1, -0.05) is 0 Å². The summed E-state index contributed by atoms with van der Waals surface area (Å²) in [6.07, 6.45) is -21.2. The van der Waals surface area contributed by atoms with Crippen molar-refractivity contribution in [2.24, 2.45) is 0 Å². The van der Waals surface area contributed by atoms with E-state index in [4.69, 9.17) is 0 Å². The molecule has 2 aromatic rings. The zero-order chi connectivity index (χ0) is 27.0. The van der Waals surface area contributed by atoms with Crippen molar-refractivity contribution in [2.75, 3.05) is 0 Å². The fraction of sp³-hybridized carbons (Fsp3) is 0.222. The average Bonchev–Trinajstić information content (AvgIpc) is 2.70. The predicted molar refractivity (Wildman–Crippen MR) is 89.5 cm³/mol. The summed E-state index contributed by atoms with van der Waals surface area (Å²) in [6, 6.07) is -0.481. The number of alkyl halides is 12. The predicted octanol–water partition coefficient (Wildman–Crippen LogP) is 6.31. The van der Waals surface area contributed by atoms with Gasteiger partial charge in [0.1, 0.15) is 0 Å². The number of carbonyl (C=O) groups is 2. The first kappa shape index (κ1) is 28.7. The molecule has 1 radical (unpaired) electrons. The second-order valence-corrected chi connectivity index (χ2v) is 8.42. The van der Waals surface area contributed by atoms with Crippen molar-refractivity contribution < 1.29 is 67.9 Å². The van der Waals surface area contributed by atoms with Gasteiger partial charge in [0.25, 0.3) is 0 Å². The van der Waals surface area contributed by atoms with Crippen LogP contribution in [-0.2, 0) is 30.3 Å². The van der Waals surface area contributed by atoms with Crippen molar-refractivity contribution in [3.63, 3.8) is 0 Å². The number of carbonyl (C=O) groups excluding carboxylic acids is 2. The molecule has 191 valence electrons. The van der Waals surface area contributed by atoms with E-state index >= 15 is 0 Å². The Bertz CT molecular complexity index is 964. The van der Waals surface area contributed by atoms with Crippen molar-refractivity contribution in [1.82, 2.24) is 0 Å². The summed E-state index contributed by atoms with van der Waals surface area (Å²) in [6.45, 7) is 0. The van der Waals surface area contributed by atoms with Crippen molar-refractivity contribution in [1.29, 1.82) is 0 Å². The molecule has 0 N–H and O–H groups in total. The minimum atomic E-state index is -5.29. The Kier molecular flexibility index (Phi) is 8.04. The average molecular weight is 723 g/mol. The fourth-order valence-electron chi connectivity index (χ4n) is 2.34. The standard InChI is InChI=1S/2C9H4F6O2.Bi/c2*10-8(11,12)5-1-4(7(16)17)2-6(3-5)9(13,14)15;/h2*1-3H,(H,16,17);/q;;+2/p-2. The van der Waals surface area contributed by atoms with Gasteiger partial charge < -0.3 is 0 Å². The van der Waals surface area contributed by atoms with Crippen LogP contribution in [0.5, 0.6) is 0 Å². The van der Waals surface area contributed by atoms with Crippen LogP contribution in [0.1, 0.15) is 43.0 Å². The molecular formula is C18H6BiF12O4. The molecule has 0 aliphatic carbocycles. The van der Waals surface area contributed by atoms with Gasteiger partial charge in [0, 0.05) is 0 Å². The van der Waals surface area contributed by atoms with Crippen molar-refractivity contribution in [3.05, 3.63) is 69.8 Å². The van der Waals surface area contributed by atoms with Gasteiger partial charge in [-0.15, -0.1) is 0 Å². The fourth-order valence-corrected chi connectivity index (χ4v) is 3.83. The molecule has 0 aliphatic rings. The molecule has 2 rings (SSSR count). The van der Waals surface area contributed by atoms with Gasteiger partial charge in [-0.2, -0.15) is 0 Å². The summed E-state index contributed by atoms with van der Waals surface area (Å²) >= 11 is -3.41. The van der Waals surface area contributed by atoms with Crippen LogP contribution in [0.2, 0.25) is 0 Å². The third kappa shape index (κ3) is 7.70. The van der Waals surface area contributed by atoms with Crippen LogP contribution in [-0.4, -0.2) is 36.1 Å². The quantitative estimate of drug-likeness (QED) is 0.275. The third-order valence-electron chi connectivity index (χ3n) is 3.89. The SMILES string of the molecule is O=C([O][Bi][O]C(=O)c1cc(C(F)(F)F)cc(C(F)(F)F)c1)c1cc(C(F)(F)F)cc(C(F)(F)F)c1. The van der Waals surface area contributed by atoms with Gasteiger partial charge in [-0.05, 0) is 0 Å². The molecule has 0 bridgehead atoms. The first-order valence-electron chi connectivity index (χ1n) is 8.41. The molecule has 0 spiro atoms. The monoisotopic (exact) mass is 723 g/mol. The molecule has 17 heteroatoms. The summed E-state index contributed by atoms with van der Waals surface area (Å²) < 4.78 is 163. The topological polar surface area (TPSA) is 52.6 Å². The van der Waals surface area contributed by atoms with E-state index in [2.05, 4.69) is 5.63 Å². The van der Waals surface area contributed by atoms with Crippen LogP contribution >= 0.6 is 0 Å². The second kappa shape index (κ2) is 9.82. The Balaban J connectivity index is 2.23. The van der Waals surface area contributed by atoms with Crippen LogP contribution in [0.15, 0.2) is 36.4 Å². The van der Waals surface area contributed by atoms with E-state index in [9.17, 15) is 62.3 Å². The van der Waals surface area contributed by atoms with Gasteiger partial charge in [0.15, 0.2) is 0 Å². The minimum absolute atomic E-state index is 0.0168. The Labute approximate surface area is 198 Å². The summed E-state index contributed by atoms with van der Waals surface area (Å²) in [5.74, 6) is -3.57. The third-order valence-corrected chi connectivity index (χ3v) is 5.76. The van der Waals surface area contributed by atoms with Crippen LogP contribution < -0.4 is 0 Å². The van der Waals surface area contributed by atoms with E-state index < -0.39 is 94.1 Å². The molecule has 35 heavy (non-hydrogen) atoms. The van der Waals surface area contributed by atoms with Crippen molar-refractivity contribution in [3.8, 4) is 0 Å². The molecule has 4 nitrogen and oxygen atoms in total. The Morgan fingerprint density at radius 2 is 0.714 bits per heavy atom. The van der Waals surface area contributed by atoms with E-state index in [1.807, 2.05) is 0 Å². The molecule has 0 aromatic heterocycles. The van der Waals surface area contributed by atoms with E-state index in [1.54, 1.807) is 0 Å². The molecule has 0 heterocycles. The van der Waals surface area contributed by atoms with Crippen molar-refractivity contribution >= 4 is 36.1 Å². The molecule has 0 fully saturated rings. The van der Waals surface area contributed by atoms with Crippen LogP contribution in [0.25, 0.3) is 0 Å². The summed E-state index contributed by atoms with van der Waals surface area (Å²) in [5.41, 5.74) is -9.88. The van der Waals surface area contributed by atoms with E-state index in [0.29, 0.717) is 0 Å². The first-order chi connectivity index (χ1) is 15.7. The second-order valence-electron chi connectivity index (χ2n) is 6.42. The molecule has 0 amide bonds. The number of halogens is 12. The Hall–Kier alpha value is -2.58. The number of benzene rings is 2. The number of hydrogen-bond donors (Lipinski definition) is 0. The van der Waals surface area contributed by atoms with E-state index in [1.165, 1.54) is 0 Å². The molecule has 0 saturated heterocycles. The molecule has 0 atom stereocenters. The van der Waals surface area contributed by atoms with Crippen molar-refractivity contribution in [2.45, 2.75) is 24.7 Å². The van der Waals surface area contributed by atoms with Gasteiger partial charge >= 0.3 is 198 Å². The maximum absolute atomic E-state index is 12.8. The number of rotatable bonds is 4.